The minimum atomic E-state index is 0.659. The van der Waals surface area contributed by atoms with Crippen LogP contribution in [-0.4, -0.2) is 53.4 Å². The van der Waals surface area contributed by atoms with Gasteiger partial charge >= 0.3 is 0 Å². The first kappa shape index (κ1) is 22.0. The second-order valence-corrected chi connectivity index (χ2v) is 6.83. The van der Waals surface area contributed by atoms with Crippen LogP contribution in [0.3, 0.4) is 0 Å². The zero-order valence-electron chi connectivity index (χ0n) is 17.7. The highest BCUT2D eigenvalue weighted by atomic mass is 15.3. The van der Waals surface area contributed by atoms with Crippen molar-refractivity contribution in [3.05, 3.63) is 53.9 Å². The summed E-state index contributed by atoms with van der Waals surface area (Å²) >= 11 is 0. The van der Waals surface area contributed by atoms with E-state index in [0.717, 1.165) is 45.1 Å². The molecule has 2 N–H and O–H groups in total. The van der Waals surface area contributed by atoms with Gasteiger partial charge in [-0.2, -0.15) is 5.10 Å². The summed E-state index contributed by atoms with van der Waals surface area (Å²) in [5, 5.41) is 11.1. The molecule has 1 heterocycles. The van der Waals surface area contributed by atoms with E-state index < -0.39 is 0 Å². The highest BCUT2D eigenvalue weighted by Gasteiger charge is 2.04. The molecule has 0 aliphatic rings. The quantitative estimate of drug-likeness (QED) is 0.335. The molecule has 0 unspecified atom stereocenters. The van der Waals surface area contributed by atoms with E-state index in [1.165, 1.54) is 24.1 Å². The largest absolute Gasteiger partial charge is 0.357 e. The van der Waals surface area contributed by atoms with Gasteiger partial charge in [0.05, 0.1) is 13.1 Å². The Morgan fingerprint density at radius 2 is 1.82 bits per heavy atom. The lowest BCUT2D eigenvalue weighted by atomic mass is 10.1. The molecule has 6 heteroatoms. The van der Waals surface area contributed by atoms with E-state index in [-0.39, 0.29) is 0 Å². The third-order valence-corrected chi connectivity index (χ3v) is 4.85. The summed E-state index contributed by atoms with van der Waals surface area (Å²) in [5.74, 6) is 0.888. The molecule has 6 nitrogen and oxygen atoms in total. The fourth-order valence-corrected chi connectivity index (χ4v) is 3.15. The van der Waals surface area contributed by atoms with Crippen LogP contribution in [0.2, 0.25) is 0 Å². The average Bonchev–Trinajstić information content (AvgIpc) is 3.23. The molecule has 0 atom stereocenters. The summed E-state index contributed by atoms with van der Waals surface area (Å²) in [4.78, 5) is 7.26. The number of aliphatic imine (C=N–C) groups is 1. The highest BCUT2D eigenvalue weighted by Crippen LogP contribution is 2.11. The lowest BCUT2D eigenvalue weighted by Gasteiger charge is -2.18. The van der Waals surface area contributed by atoms with E-state index in [2.05, 4.69) is 65.7 Å². The third kappa shape index (κ3) is 7.72. The van der Waals surface area contributed by atoms with E-state index in [0.29, 0.717) is 6.54 Å². The van der Waals surface area contributed by atoms with Gasteiger partial charge in [0.1, 0.15) is 0 Å². The summed E-state index contributed by atoms with van der Waals surface area (Å²) in [6.07, 6.45) is 6.16. The second-order valence-electron chi connectivity index (χ2n) is 6.83. The van der Waals surface area contributed by atoms with E-state index in [9.17, 15) is 0 Å². The molecule has 0 radical (unpaired) electrons. The molecule has 0 amide bonds. The van der Waals surface area contributed by atoms with Crippen LogP contribution >= 0.6 is 0 Å². The molecule has 0 bridgehead atoms. The summed E-state index contributed by atoms with van der Waals surface area (Å²) < 4.78 is 1.95. The number of hydrogen-bond donors (Lipinski definition) is 2. The molecule has 1 aromatic carbocycles. The van der Waals surface area contributed by atoms with Crippen LogP contribution in [-0.2, 0) is 13.1 Å². The zero-order valence-corrected chi connectivity index (χ0v) is 17.7. The Hall–Kier alpha value is -2.34. The van der Waals surface area contributed by atoms with Gasteiger partial charge in [0.25, 0.3) is 0 Å². The first-order chi connectivity index (χ1) is 13.8. The van der Waals surface area contributed by atoms with E-state index in [1.807, 2.05) is 23.1 Å². The fraction of sp³-hybridized carbons (Fsp3) is 0.545. The Kier molecular flexibility index (Phi) is 10.1. The van der Waals surface area contributed by atoms with Crippen molar-refractivity contribution in [2.45, 2.75) is 46.7 Å². The first-order valence-corrected chi connectivity index (χ1v) is 10.6. The molecule has 0 fully saturated rings. The van der Waals surface area contributed by atoms with Gasteiger partial charge < -0.3 is 15.5 Å². The molecule has 0 saturated heterocycles. The van der Waals surface area contributed by atoms with Crippen LogP contribution in [0.15, 0.2) is 47.7 Å². The van der Waals surface area contributed by atoms with Gasteiger partial charge in [-0.15, -0.1) is 0 Å². The molecule has 0 aliphatic heterocycles. The minimum absolute atomic E-state index is 0.659. The Bertz CT molecular complexity index is 676. The molecule has 0 aliphatic carbocycles. The van der Waals surface area contributed by atoms with E-state index in [1.54, 1.807) is 0 Å². The number of rotatable bonds is 12. The summed E-state index contributed by atoms with van der Waals surface area (Å²) in [7, 11) is 0. The number of nitrogens with zero attached hydrogens (tertiary/aromatic N) is 4. The summed E-state index contributed by atoms with van der Waals surface area (Å²) in [5.41, 5.74) is 2.49. The maximum Gasteiger partial charge on any atom is 0.191 e. The second kappa shape index (κ2) is 12.9. The number of unbranched alkanes of at least 4 members (excludes halogenated alkanes) is 1. The highest BCUT2D eigenvalue weighted by molar-refractivity contribution is 5.79. The van der Waals surface area contributed by atoms with Crippen molar-refractivity contribution in [3.8, 4) is 0 Å². The van der Waals surface area contributed by atoms with Gasteiger partial charge in [-0.05, 0) is 56.6 Å². The predicted octanol–water partition coefficient (Wildman–Crippen LogP) is 3.11. The van der Waals surface area contributed by atoms with Crippen LogP contribution in [0.5, 0.6) is 0 Å². The average molecular weight is 385 g/mol. The van der Waals surface area contributed by atoms with Crippen molar-refractivity contribution in [1.82, 2.24) is 25.3 Å². The molecule has 0 spiro atoms. The van der Waals surface area contributed by atoms with Gasteiger partial charge in [0, 0.05) is 25.5 Å². The lowest BCUT2D eigenvalue weighted by molar-refractivity contribution is 0.297. The zero-order chi connectivity index (χ0) is 20.0. The van der Waals surface area contributed by atoms with Crippen molar-refractivity contribution >= 4 is 5.96 Å². The van der Waals surface area contributed by atoms with Crippen LogP contribution in [0, 0.1) is 0 Å². The summed E-state index contributed by atoms with van der Waals surface area (Å²) in [6, 6.07) is 10.4. The topological polar surface area (TPSA) is 57.5 Å². The number of guanidine groups is 1. The molecular formula is C22H36N6. The molecule has 0 saturated carbocycles. The molecule has 28 heavy (non-hydrogen) atoms. The first-order valence-electron chi connectivity index (χ1n) is 10.6. The van der Waals surface area contributed by atoms with Gasteiger partial charge in [0.2, 0.25) is 0 Å². The van der Waals surface area contributed by atoms with E-state index in [4.69, 9.17) is 4.99 Å². The Balaban J connectivity index is 1.86. The summed E-state index contributed by atoms with van der Waals surface area (Å²) in [6.45, 7) is 13.2. The van der Waals surface area contributed by atoms with Crippen molar-refractivity contribution in [2.24, 2.45) is 4.99 Å². The van der Waals surface area contributed by atoms with Crippen molar-refractivity contribution < 1.29 is 0 Å². The van der Waals surface area contributed by atoms with Crippen LogP contribution < -0.4 is 10.6 Å². The van der Waals surface area contributed by atoms with Crippen LogP contribution in [0.25, 0.3) is 0 Å². The monoisotopic (exact) mass is 384 g/mol. The van der Waals surface area contributed by atoms with Gasteiger partial charge in [-0.1, -0.05) is 38.1 Å². The molecule has 1 aromatic heterocycles. The molecular weight excluding hydrogens is 348 g/mol. The van der Waals surface area contributed by atoms with Gasteiger partial charge in [0.15, 0.2) is 5.96 Å². The molecule has 2 rings (SSSR count). The molecule has 2 aromatic rings. The third-order valence-electron chi connectivity index (χ3n) is 4.85. The SMILES string of the molecule is CCNC(=NCc1ccccc1Cn1cccn1)NCCCCN(CC)CC. The van der Waals surface area contributed by atoms with Crippen LogP contribution in [0.4, 0.5) is 0 Å². The Labute approximate surface area is 170 Å². The number of hydrogen-bond acceptors (Lipinski definition) is 3. The smallest absolute Gasteiger partial charge is 0.191 e. The molecule has 154 valence electrons. The van der Waals surface area contributed by atoms with Gasteiger partial charge in [-0.25, -0.2) is 4.99 Å². The van der Waals surface area contributed by atoms with E-state index >= 15 is 0 Å². The number of aromatic nitrogens is 2. The Morgan fingerprint density at radius 1 is 1.04 bits per heavy atom. The minimum Gasteiger partial charge on any atom is -0.357 e. The standard InChI is InChI=1S/C22H36N6/c1-4-23-22(24-14-9-10-16-27(5-2)6-3)25-18-20-12-7-8-13-21(20)19-28-17-11-15-26-28/h7-8,11-13,15,17H,4-6,9-10,14,16,18-19H2,1-3H3,(H2,23,24,25). The maximum absolute atomic E-state index is 4.79. The van der Waals surface area contributed by atoms with Crippen LogP contribution in [0.1, 0.15) is 44.7 Å². The number of nitrogens with one attached hydrogen (secondary N) is 2. The normalized spacial score (nSPS) is 11.8. The predicted molar refractivity (Wildman–Crippen MR) is 118 cm³/mol. The Morgan fingerprint density at radius 3 is 2.50 bits per heavy atom. The van der Waals surface area contributed by atoms with Crippen molar-refractivity contribution in [3.63, 3.8) is 0 Å². The van der Waals surface area contributed by atoms with Gasteiger partial charge in [-0.3, -0.25) is 4.68 Å². The number of benzene rings is 1. The maximum atomic E-state index is 4.79. The fourth-order valence-electron chi connectivity index (χ4n) is 3.15. The lowest BCUT2D eigenvalue weighted by Crippen LogP contribution is -2.38. The van der Waals surface area contributed by atoms with Crippen molar-refractivity contribution in [1.29, 1.82) is 0 Å². The van der Waals surface area contributed by atoms with Crippen molar-refractivity contribution in [2.75, 3.05) is 32.7 Å².